The second kappa shape index (κ2) is 4.84. The first-order valence-electron chi connectivity index (χ1n) is 6.96. The summed E-state index contributed by atoms with van der Waals surface area (Å²) in [7, 11) is 1.62. The predicted octanol–water partition coefficient (Wildman–Crippen LogP) is 2.26. The van der Waals surface area contributed by atoms with Crippen molar-refractivity contribution in [3.8, 4) is 0 Å². The summed E-state index contributed by atoms with van der Waals surface area (Å²) >= 11 is 0. The molecule has 0 spiro atoms. The molecule has 7 heteroatoms. The number of aromatic amines is 1. The average Bonchev–Trinajstić information content (AvgIpc) is 3.12. The highest BCUT2D eigenvalue weighted by Gasteiger charge is 2.10. The van der Waals surface area contributed by atoms with E-state index in [9.17, 15) is 9.59 Å². The topological polar surface area (TPSA) is 92.9 Å². The number of rotatable bonds is 2. The maximum absolute atomic E-state index is 12.4. The van der Waals surface area contributed by atoms with Gasteiger partial charge in [-0.2, -0.15) is 0 Å². The van der Waals surface area contributed by atoms with Crippen LogP contribution < -0.4 is 11.1 Å². The molecule has 2 aromatic carbocycles. The molecule has 0 aliphatic rings. The summed E-state index contributed by atoms with van der Waals surface area (Å²) in [5, 5.41) is 2.81. The van der Waals surface area contributed by atoms with Crippen molar-refractivity contribution in [2.24, 2.45) is 7.05 Å². The first-order chi connectivity index (χ1) is 11.1. The molecule has 4 aromatic rings. The number of imidazole rings is 1. The average molecular weight is 308 g/mol. The van der Waals surface area contributed by atoms with Crippen molar-refractivity contribution in [2.75, 3.05) is 5.32 Å². The number of amides is 1. The molecule has 2 heterocycles. The van der Waals surface area contributed by atoms with Gasteiger partial charge in [-0.1, -0.05) is 0 Å². The fraction of sp³-hybridized carbons (Fsp3) is 0.0625. The Kier molecular flexibility index (Phi) is 2.80. The van der Waals surface area contributed by atoms with E-state index in [1.165, 1.54) is 4.57 Å². The second-order valence-corrected chi connectivity index (χ2v) is 5.20. The maximum atomic E-state index is 12.4. The van der Waals surface area contributed by atoms with Gasteiger partial charge in [-0.3, -0.25) is 9.36 Å². The number of benzene rings is 2. The highest BCUT2D eigenvalue weighted by atomic mass is 16.4. The quantitative estimate of drug-likeness (QED) is 0.594. The highest BCUT2D eigenvalue weighted by molar-refractivity contribution is 6.06. The van der Waals surface area contributed by atoms with Crippen LogP contribution in [-0.2, 0) is 7.05 Å². The van der Waals surface area contributed by atoms with Gasteiger partial charge in [-0.05, 0) is 36.4 Å². The number of fused-ring (bicyclic) bond motifs is 2. The molecule has 2 N–H and O–H groups in total. The molecular formula is C16H12N4O3. The number of carbonyl (C=O) groups is 1. The van der Waals surface area contributed by atoms with Gasteiger partial charge in [-0.25, -0.2) is 9.78 Å². The molecular weight excluding hydrogens is 296 g/mol. The monoisotopic (exact) mass is 308 g/mol. The summed E-state index contributed by atoms with van der Waals surface area (Å²) in [6.45, 7) is 0. The number of hydrogen-bond donors (Lipinski definition) is 2. The van der Waals surface area contributed by atoms with Gasteiger partial charge >= 0.3 is 5.76 Å². The molecule has 0 radical (unpaired) electrons. The molecule has 0 saturated heterocycles. The second-order valence-electron chi connectivity index (χ2n) is 5.20. The van der Waals surface area contributed by atoms with Crippen molar-refractivity contribution in [3.05, 3.63) is 58.8 Å². The van der Waals surface area contributed by atoms with Crippen molar-refractivity contribution in [1.82, 2.24) is 14.5 Å². The summed E-state index contributed by atoms with van der Waals surface area (Å²) in [6, 6.07) is 10.3. The molecule has 0 bridgehead atoms. The van der Waals surface area contributed by atoms with E-state index in [-0.39, 0.29) is 5.91 Å². The van der Waals surface area contributed by atoms with Crippen LogP contribution in [-0.4, -0.2) is 20.4 Å². The Morgan fingerprint density at radius 3 is 3.00 bits per heavy atom. The summed E-state index contributed by atoms with van der Waals surface area (Å²) in [4.78, 5) is 31.0. The third-order valence-corrected chi connectivity index (χ3v) is 3.73. The number of H-pyrrole nitrogens is 1. The maximum Gasteiger partial charge on any atom is 0.419 e. The van der Waals surface area contributed by atoms with Crippen molar-refractivity contribution in [3.63, 3.8) is 0 Å². The van der Waals surface area contributed by atoms with Gasteiger partial charge in [0.15, 0.2) is 5.58 Å². The first kappa shape index (κ1) is 13.3. The van der Waals surface area contributed by atoms with Crippen molar-refractivity contribution >= 4 is 33.7 Å². The van der Waals surface area contributed by atoms with E-state index in [4.69, 9.17) is 4.42 Å². The fourth-order valence-corrected chi connectivity index (χ4v) is 2.48. The van der Waals surface area contributed by atoms with Crippen LogP contribution in [0.15, 0.2) is 51.9 Å². The van der Waals surface area contributed by atoms with E-state index >= 15 is 0 Å². The summed E-state index contributed by atoms with van der Waals surface area (Å²) in [5.74, 6) is -0.678. The molecule has 0 atom stereocenters. The molecule has 4 rings (SSSR count). The number of nitrogens with one attached hydrogen (secondary N) is 2. The zero-order valence-corrected chi connectivity index (χ0v) is 12.2. The van der Waals surface area contributed by atoms with Crippen molar-refractivity contribution in [1.29, 1.82) is 0 Å². The number of nitrogens with zero attached hydrogens (tertiary/aromatic N) is 2. The van der Waals surface area contributed by atoms with Crippen LogP contribution in [0.5, 0.6) is 0 Å². The Hall–Kier alpha value is -3.35. The smallest absolute Gasteiger partial charge is 0.408 e. The van der Waals surface area contributed by atoms with E-state index < -0.39 is 5.76 Å². The molecule has 0 saturated carbocycles. The lowest BCUT2D eigenvalue weighted by atomic mass is 10.2. The Morgan fingerprint density at radius 2 is 2.13 bits per heavy atom. The van der Waals surface area contributed by atoms with Crippen LogP contribution in [0.1, 0.15) is 10.4 Å². The molecule has 0 aliphatic heterocycles. The van der Waals surface area contributed by atoms with Gasteiger partial charge in [0.2, 0.25) is 0 Å². The van der Waals surface area contributed by atoms with E-state index in [2.05, 4.69) is 15.3 Å². The van der Waals surface area contributed by atoms with Crippen LogP contribution >= 0.6 is 0 Å². The zero-order valence-electron chi connectivity index (χ0n) is 12.2. The van der Waals surface area contributed by atoms with E-state index in [1.807, 2.05) is 0 Å². The number of carbonyl (C=O) groups excluding carboxylic acids is 1. The van der Waals surface area contributed by atoms with Crippen LogP contribution in [0.2, 0.25) is 0 Å². The highest BCUT2D eigenvalue weighted by Crippen LogP contribution is 2.19. The molecule has 0 fully saturated rings. The van der Waals surface area contributed by atoms with E-state index in [0.717, 1.165) is 11.0 Å². The normalized spacial score (nSPS) is 11.2. The number of anilines is 1. The number of hydrogen-bond acceptors (Lipinski definition) is 4. The SMILES string of the molecule is Cn1c(=O)oc2ccc(NC(=O)c3ccc4nc[nH]c4c3)cc21. The largest absolute Gasteiger partial charge is 0.419 e. The number of aryl methyl sites for hydroxylation is 1. The minimum absolute atomic E-state index is 0.241. The summed E-state index contributed by atoms with van der Waals surface area (Å²) in [5.41, 5.74) is 3.81. The van der Waals surface area contributed by atoms with Gasteiger partial charge in [0.05, 0.1) is 22.9 Å². The first-order valence-corrected chi connectivity index (χ1v) is 6.96. The third-order valence-electron chi connectivity index (χ3n) is 3.73. The molecule has 23 heavy (non-hydrogen) atoms. The molecule has 7 nitrogen and oxygen atoms in total. The lowest BCUT2D eigenvalue weighted by molar-refractivity contribution is 0.102. The summed E-state index contributed by atoms with van der Waals surface area (Å²) in [6.07, 6.45) is 1.58. The van der Waals surface area contributed by atoms with Gasteiger partial charge in [0.25, 0.3) is 5.91 Å². The molecule has 114 valence electrons. The van der Waals surface area contributed by atoms with Gasteiger partial charge in [-0.15, -0.1) is 0 Å². The number of aromatic nitrogens is 3. The van der Waals surface area contributed by atoms with E-state index in [1.54, 1.807) is 49.8 Å². The molecule has 2 aromatic heterocycles. The standard InChI is InChI=1S/C16H12N4O3/c1-20-13-7-10(3-5-14(13)23-16(20)22)19-15(21)9-2-4-11-12(6-9)18-8-17-11/h2-8H,1H3,(H,17,18)(H,19,21). The van der Waals surface area contributed by atoms with Crippen molar-refractivity contribution in [2.45, 2.75) is 0 Å². The third kappa shape index (κ3) is 2.18. The van der Waals surface area contributed by atoms with Crippen LogP contribution in [0.25, 0.3) is 22.1 Å². The molecule has 0 unspecified atom stereocenters. The minimum atomic E-state index is -0.437. The lowest BCUT2D eigenvalue weighted by Crippen LogP contribution is -2.12. The Bertz CT molecular complexity index is 1100. The van der Waals surface area contributed by atoms with Gasteiger partial charge in [0, 0.05) is 18.3 Å². The zero-order chi connectivity index (χ0) is 16.0. The molecule has 1 amide bonds. The van der Waals surface area contributed by atoms with Crippen LogP contribution in [0.4, 0.5) is 5.69 Å². The Labute approximate surface area is 129 Å². The van der Waals surface area contributed by atoms with E-state index in [0.29, 0.717) is 22.4 Å². The van der Waals surface area contributed by atoms with Crippen molar-refractivity contribution < 1.29 is 9.21 Å². The number of oxazole rings is 1. The van der Waals surface area contributed by atoms with Gasteiger partial charge < -0.3 is 14.7 Å². The fourth-order valence-electron chi connectivity index (χ4n) is 2.48. The lowest BCUT2D eigenvalue weighted by Gasteiger charge is -2.05. The summed E-state index contributed by atoms with van der Waals surface area (Å²) < 4.78 is 6.46. The predicted molar refractivity (Wildman–Crippen MR) is 85.5 cm³/mol. The Balaban J connectivity index is 1.67. The van der Waals surface area contributed by atoms with Crippen LogP contribution in [0, 0.1) is 0 Å². The minimum Gasteiger partial charge on any atom is -0.408 e. The van der Waals surface area contributed by atoms with Crippen LogP contribution in [0.3, 0.4) is 0 Å². The van der Waals surface area contributed by atoms with Gasteiger partial charge in [0.1, 0.15) is 0 Å². The molecule has 0 aliphatic carbocycles. The Morgan fingerprint density at radius 1 is 1.26 bits per heavy atom.